The second kappa shape index (κ2) is 10.1. The average Bonchev–Trinajstić information content (AvgIpc) is 3.53. The third kappa shape index (κ3) is 5.67. The molecule has 10 nitrogen and oxygen atoms in total. The van der Waals surface area contributed by atoms with Gasteiger partial charge in [-0.2, -0.15) is 5.10 Å². The van der Waals surface area contributed by atoms with E-state index in [1.165, 1.54) is 18.5 Å². The number of nitrogens with one attached hydrogen (secondary N) is 2. The van der Waals surface area contributed by atoms with E-state index in [1.807, 2.05) is 43.1 Å². The van der Waals surface area contributed by atoms with Crippen LogP contribution in [0.2, 0.25) is 0 Å². The molecule has 1 amide bonds. The highest BCUT2D eigenvalue weighted by Crippen LogP contribution is 2.21. The van der Waals surface area contributed by atoms with E-state index in [-0.39, 0.29) is 23.4 Å². The van der Waals surface area contributed by atoms with E-state index in [2.05, 4.69) is 25.1 Å². The van der Waals surface area contributed by atoms with Gasteiger partial charge in [0.05, 0.1) is 17.1 Å². The van der Waals surface area contributed by atoms with Crippen molar-refractivity contribution in [1.29, 1.82) is 0 Å². The normalized spacial score (nSPS) is 14.6. The summed E-state index contributed by atoms with van der Waals surface area (Å²) < 4.78 is 29.5. The zero-order valence-corrected chi connectivity index (χ0v) is 19.9. The Morgan fingerprint density at radius 2 is 2.00 bits per heavy atom. The van der Waals surface area contributed by atoms with E-state index < -0.39 is 10.0 Å². The zero-order valence-electron chi connectivity index (χ0n) is 19.0. The molecule has 34 heavy (non-hydrogen) atoms. The van der Waals surface area contributed by atoms with Gasteiger partial charge in [-0.05, 0) is 56.3 Å². The van der Waals surface area contributed by atoms with Gasteiger partial charge in [-0.3, -0.25) is 19.4 Å². The van der Waals surface area contributed by atoms with Crippen LogP contribution in [0.15, 0.2) is 71.1 Å². The van der Waals surface area contributed by atoms with E-state index in [0.717, 1.165) is 17.7 Å². The smallest absolute Gasteiger partial charge is 0.262 e. The molecule has 1 aliphatic rings. The molecule has 4 rings (SSSR count). The molecule has 0 saturated carbocycles. The number of aliphatic imine (C=N–C) groups is 1. The molecule has 2 aromatic carbocycles. The minimum atomic E-state index is -3.75. The molecule has 3 aromatic rings. The lowest BCUT2D eigenvalue weighted by Crippen LogP contribution is -2.32. The molecule has 1 aliphatic heterocycles. The molecular formula is C23H27N7O3S. The molecule has 1 atom stereocenters. The maximum absolute atomic E-state index is 12.7. The molecule has 1 unspecified atom stereocenters. The Kier molecular flexibility index (Phi) is 7.03. The summed E-state index contributed by atoms with van der Waals surface area (Å²) in [5.41, 5.74) is 2.37. The van der Waals surface area contributed by atoms with Gasteiger partial charge in [0.1, 0.15) is 18.5 Å². The van der Waals surface area contributed by atoms with Crippen LogP contribution in [0.3, 0.4) is 0 Å². The fourth-order valence-electron chi connectivity index (χ4n) is 3.64. The fourth-order valence-corrected chi connectivity index (χ4v) is 4.78. The Balaban J connectivity index is 1.36. The van der Waals surface area contributed by atoms with Gasteiger partial charge in [-0.15, -0.1) is 0 Å². The van der Waals surface area contributed by atoms with Gasteiger partial charge >= 0.3 is 0 Å². The Morgan fingerprint density at radius 1 is 1.21 bits per heavy atom. The van der Waals surface area contributed by atoms with Crippen LogP contribution in [0.1, 0.15) is 31.4 Å². The number of benzene rings is 2. The van der Waals surface area contributed by atoms with Gasteiger partial charge in [-0.25, -0.2) is 18.1 Å². The van der Waals surface area contributed by atoms with Gasteiger partial charge in [0.25, 0.3) is 10.0 Å². The number of carbonyl (C=O) groups excluding carboxylic acids is 1. The van der Waals surface area contributed by atoms with Crippen molar-refractivity contribution in [3.05, 3.63) is 66.7 Å². The molecule has 0 radical (unpaired) electrons. The van der Waals surface area contributed by atoms with E-state index >= 15 is 0 Å². The number of likely N-dealkylation sites (N-methyl/N-ethyl adjacent to an activating group) is 1. The SMILES string of the molecule is CC(c1ccc(-n2cncn2)cc1)N(C)CC(=O)Nc1cccc(S(=O)(=O)NC2=NCCC2)c1. The largest absolute Gasteiger partial charge is 0.325 e. The van der Waals surface area contributed by atoms with Crippen LogP contribution in [0.25, 0.3) is 5.69 Å². The molecule has 0 fully saturated rings. The second-order valence-corrected chi connectivity index (χ2v) is 9.82. The van der Waals surface area contributed by atoms with Gasteiger partial charge in [-0.1, -0.05) is 18.2 Å². The third-order valence-corrected chi connectivity index (χ3v) is 7.05. The summed E-state index contributed by atoms with van der Waals surface area (Å²) in [5, 5.41) is 6.91. The third-order valence-electron chi connectivity index (χ3n) is 5.67. The van der Waals surface area contributed by atoms with Crippen LogP contribution in [0.5, 0.6) is 0 Å². The number of carbonyl (C=O) groups is 1. The summed E-state index contributed by atoms with van der Waals surface area (Å²) in [6.07, 6.45) is 4.57. The van der Waals surface area contributed by atoms with Crippen molar-refractivity contribution in [2.75, 3.05) is 25.5 Å². The first kappa shape index (κ1) is 23.6. The number of aromatic nitrogens is 3. The Bertz CT molecular complexity index is 1270. The summed E-state index contributed by atoms with van der Waals surface area (Å²) in [5.74, 6) is 0.232. The van der Waals surface area contributed by atoms with E-state index in [1.54, 1.807) is 23.1 Å². The predicted octanol–water partition coefficient (Wildman–Crippen LogP) is 2.37. The first-order chi connectivity index (χ1) is 16.3. The van der Waals surface area contributed by atoms with E-state index in [4.69, 9.17) is 0 Å². The average molecular weight is 482 g/mol. The molecule has 0 aliphatic carbocycles. The number of rotatable bonds is 8. The predicted molar refractivity (Wildman–Crippen MR) is 129 cm³/mol. The number of amidine groups is 1. The van der Waals surface area contributed by atoms with Crippen LogP contribution in [-0.2, 0) is 14.8 Å². The van der Waals surface area contributed by atoms with E-state index in [9.17, 15) is 13.2 Å². The second-order valence-electron chi connectivity index (χ2n) is 8.14. The standard InChI is InChI=1S/C23H27N7O3S/c1-17(18-8-10-20(11-9-18)30-16-24-15-26-30)29(2)14-23(31)27-19-5-3-6-21(13-19)34(32,33)28-22-7-4-12-25-22/h3,5-6,8-11,13,15-17H,4,7,12,14H2,1-2H3,(H,25,28)(H,27,31). The molecule has 2 heterocycles. The lowest BCUT2D eigenvalue weighted by molar-refractivity contribution is -0.117. The van der Waals surface area contributed by atoms with Crippen LogP contribution < -0.4 is 10.0 Å². The number of sulfonamides is 1. The van der Waals surface area contributed by atoms with Crippen molar-refractivity contribution in [3.8, 4) is 5.69 Å². The highest BCUT2D eigenvalue weighted by atomic mass is 32.2. The molecule has 0 spiro atoms. The molecule has 1 aromatic heterocycles. The quantitative estimate of drug-likeness (QED) is 0.509. The summed E-state index contributed by atoms with van der Waals surface area (Å²) in [6, 6.07) is 14.1. The zero-order chi connectivity index (χ0) is 24.1. The molecule has 0 saturated heterocycles. The summed E-state index contributed by atoms with van der Waals surface area (Å²) >= 11 is 0. The minimum Gasteiger partial charge on any atom is -0.325 e. The van der Waals surface area contributed by atoms with Gasteiger partial charge in [0, 0.05) is 24.7 Å². The van der Waals surface area contributed by atoms with Gasteiger partial charge < -0.3 is 5.32 Å². The Hall–Kier alpha value is -3.57. The number of hydrogen-bond acceptors (Lipinski definition) is 7. The number of anilines is 1. The van der Waals surface area contributed by atoms with Crippen molar-refractivity contribution in [3.63, 3.8) is 0 Å². The topological polar surface area (TPSA) is 122 Å². The van der Waals surface area contributed by atoms with Crippen molar-refractivity contribution in [1.82, 2.24) is 24.4 Å². The Labute approximate surface area is 198 Å². The monoisotopic (exact) mass is 481 g/mol. The van der Waals surface area contributed by atoms with Gasteiger partial charge in [0.15, 0.2) is 0 Å². The van der Waals surface area contributed by atoms with E-state index in [0.29, 0.717) is 24.5 Å². The van der Waals surface area contributed by atoms with Crippen molar-refractivity contribution in [2.45, 2.75) is 30.7 Å². The minimum absolute atomic E-state index is 0.0151. The summed E-state index contributed by atoms with van der Waals surface area (Å²) in [6.45, 7) is 2.78. The molecule has 178 valence electrons. The number of hydrogen-bond donors (Lipinski definition) is 2. The molecular weight excluding hydrogens is 454 g/mol. The first-order valence-corrected chi connectivity index (χ1v) is 12.4. The van der Waals surface area contributed by atoms with Crippen LogP contribution in [0.4, 0.5) is 5.69 Å². The first-order valence-electron chi connectivity index (χ1n) is 10.9. The highest BCUT2D eigenvalue weighted by molar-refractivity contribution is 7.90. The number of amides is 1. The van der Waals surface area contributed by atoms with Crippen LogP contribution in [0, 0.1) is 0 Å². The van der Waals surface area contributed by atoms with Crippen LogP contribution >= 0.6 is 0 Å². The molecule has 0 bridgehead atoms. The Morgan fingerprint density at radius 3 is 2.68 bits per heavy atom. The molecule has 11 heteroatoms. The number of nitrogens with zero attached hydrogens (tertiary/aromatic N) is 5. The summed E-state index contributed by atoms with van der Waals surface area (Å²) in [7, 11) is -1.88. The maximum atomic E-state index is 12.7. The van der Waals surface area contributed by atoms with Crippen molar-refractivity contribution >= 4 is 27.5 Å². The fraction of sp³-hybridized carbons (Fsp3) is 0.304. The molecule has 2 N–H and O–H groups in total. The van der Waals surface area contributed by atoms with Crippen molar-refractivity contribution in [2.24, 2.45) is 4.99 Å². The highest BCUT2D eigenvalue weighted by Gasteiger charge is 2.20. The lowest BCUT2D eigenvalue weighted by Gasteiger charge is -2.24. The maximum Gasteiger partial charge on any atom is 0.262 e. The van der Waals surface area contributed by atoms with Crippen molar-refractivity contribution < 1.29 is 13.2 Å². The summed E-state index contributed by atoms with van der Waals surface area (Å²) in [4.78, 5) is 22.8. The van der Waals surface area contributed by atoms with Gasteiger partial charge in [0.2, 0.25) is 5.91 Å². The van der Waals surface area contributed by atoms with Crippen LogP contribution in [-0.4, -0.2) is 60.0 Å². The lowest BCUT2D eigenvalue weighted by atomic mass is 10.1.